The molecule has 7 heteroatoms. The van der Waals surface area contributed by atoms with E-state index in [9.17, 15) is 4.79 Å². The molecule has 0 fully saturated rings. The summed E-state index contributed by atoms with van der Waals surface area (Å²) >= 11 is 1.15. The highest BCUT2D eigenvalue weighted by atomic mass is 32.1. The van der Waals surface area contributed by atoms with Crippen LogP contribution in [0.2, 0.25) is 0 Å². The maximum absolute atomic E-state index is 11.9. The molecule has 106 valence electrons. The van der Waals surface area contributed by atoms with E-state index in [1.165, 1.54) is 0 Å². The molecule has 2 N–H and O–H groups in total. The molecule has 1 atom stereocenters. The number of carbonyl (C=O) groups is 1. The molecular formula is C14H13N5OS. The number of aromatic amines is 1. The molecule has 3 rings (SSSR count). The van der Waals surface area contributed by atoms with Crippen molar-refractivity contribution in [3.05, 3.63) is 53.4 Å². The maximum Gasteiger partial charge on any atom is 0.273 e. The van der Waals surface area contributed by atoms with Crippen molar-refractivity contribution < 1.29 is 4.79 Å². The van der Waals surface area contributed by atoms with Crippen LogP contribution in [0.4, 0.5) is 0 Å². The Bertz CT molecular complexity index is 723. The molecule has 3 aromatic rings. The highest BCUT2D eigenvalue weighted by Crippen LogP contribution is 2.18. The third kappa shape index (κ3) is 2.97. The number of benzene rings is 1. The smallest absolute Gasteiger partial charge is 0.273 e. The molecule has 1 aromatic carbocycles. The fraction of sp³-hybridized carbons (Fsp3) is 0.143. The van der Waals surface area contributed by atoms with Gasteiger partial charge in [-0.05, 0) is 24.0 Å². The Morgan fingerprint density at radius 2 is 2.14 bits per heavy atom. The summed E-state index contributed by atoms with van der Waals surface area (Å²) < 4.78 is 3.67. The van der Waals surface area contributed by atoms with E-state index in [1.807, 2.05) is 37.3 Å². The summed E-state index contributed by atoms with van der Waals surface area (Å²) in [6.45, 7) is 1.87. The van der Waals surface area contributed by atoms with E-state index in [0.29, 0.717) is 11.5 Å². The predicted octanol–water partition coefficient (Wildman–Crippen LogP) is 2.42. The van der Waals surface area contributed by atoms with Gasteiger partial charge < -0.3 is 10.3 Å². The first-order valence-electron chi connectivity index (χ1n) is 6.42. The summed E-state index contributed by atoms with van der Waals surface area (Å²) in [5.41, 5.74) is 2.29. The molecule has 0 aliphatic carbocycles. The monoisotopic (exact) mass is 299 g/mol. The van der Waals surface area contributed by atoms with Crippen LogP contribution in [0.5, 0.6) is 0 Å². The summed E-state index contributed by atoms with van der Waals surface area (Å²) in [5, 5.41) is 8.19. The predicted molar refractivity (Wildman–Crippen MR) is 79.8 cm³/mol. The maximum atomic E-state index is 11.9. The molecule has 0 radical (unpaired) electrons. The van der Waals surface area contributed by atoms with E-state index in [2.05, 4.69) is 24.9 Å². The van der Waals surface area contributed by atoms with Crippen molar-refractivity contribution >= 4 is 17.4 Å². The number of carbonyl (C=O) groups excluding carboxylic acids is 1. The van der Waals surface area contributed by atoms with Gasteiger partial charge in [0.05, 0.1) is 17.9 Å². The molecule has 2 aromatic heterocycles. The van der Waals surface area contributed by atoms with Crippen molar-refractivity contribution in [3.8, 4) is 11.3 Å². The van der Waals surface area contributed by atoms with Crippen LogP contribution in [0.1, 0.15) is 29.3 Å². The second-order valence-electron chi connectivity index (χ2n) is 4.53. The highest BCUT2D eigenvalue weighted by Gasteiger charge is 2.16. The van der Waals surface area contributed by atoms with Crippen LogP contribution in [0.15, 0.2) is 41.9 Å². The zero-order valence-corrected chi connectivity index (χ0v) is 12.1. The average molecular weight is 299 g/mol. The van der Waals surface area contributed by atoms with Gasteiger partial charge in [-0.2, -0.15) is 0 Å². The van der Waals surface area contributed by atoms with Crippen LogP contribution in [-0.4, -0.2) is 25.5 Å². The zero-order chi connectivity index (χ0) is 14.7. The number of imidazole rings is 1. The van der Waals surface area contributed by atoms with Crippen molar-refractivity contribution in [1.29, 1.82) is 0 Å². The summed E-state index contributed by atoms with van der Waals surface area (Å²) in [4.78, 5) is 19.5. The number of H-pyrrole nitrogens is 1. The summed E-state index contributed by atoms with van der Waals surface area (Å²) in [6.07, 6.45) is 1.76. The molecule has 0 aliphatic rings. The third-order valence-electron chi connectivity index (χ3n) is 3.03. The molecule has 0 spiro atoms. The van der Waals surface area contributed by atoms with Gasteiger partial charge >= 0.3 is 0 Å². The fourth-order valence-corrected chi connectivity index (χ4v) is 2.36. The van der Waals surface area contributed by atoms with Crippen molar-refractivity contribution in [2.45, 2.75) is 13.0 Å². The number of hydrogen-bond acceptors (Lipinski definition) is 5. The quantitative estimate of drug-likeness (QED) is 0.775. The molecule has 6 nitrogen and oxygen atoms in total. The lowest BCUT2D eigenvalue weighted by atomic mass is 10.2. The Kier molecular flexibility index (Phi) is 3.74. The van der Waals surface area contributed by atoms with Gasteiger partial charge in [-0.25, -0.2) is 4.98 Å². The van der Waals surface area contributed by atoms with E-state index < -0.39 is 0 Å². The van der Waals surface area contributed by atoms with E-state index in [4.69, 9.17) is 0 Å². The summed E-state index contributed by atoms with van der Waals surface area (Å²) in [6, 6.07) is 9.66. The number of amides is 1. The lowest BCUT2D eigenvalue weighted by Gasteiger charge is -2.09. The Labute approximate surface area is 125 Å². The van der Waals surface area contributed by atoms with Gasteiger partial charge in [-0.1, -0.05) is 34.8 Å². The van der Waals surface area contributed by atoms with Gasteiger partial charge in [0.25, 0.3) is 5.91 Å². The second-order valence-corrected chi connectivity index (χ2v) is 5.14. The Balaban J connectivity index is 1.73. The van der Waals surface area contributed by atoms with Gasteiger partial charge in [-0.15, -0.1) is 5.10 Å². The van der Waals surface area contributed by atoms with Crippen molar-refractivity contribution in [3.63, 3.8) is 0 Å². The molecule has 0 unspecified atom stereocenters. The molecule has 1 amide bonds. The first kappa shape index (κ1) is 13.4. The van der Waals surface area contributed by atoms with Gasteiger partial charge in [0, 0.05) is 5.38 Å². The number of nitrogens with zero attached hydrogens (tertiary/aromatic N) is 3. The van der Waals surface area contributed by atoms with Crippen LogP contribution < -0.4 is 5.32 Å². The molecule has 0 aliphatic heterocycles. The second kappa shape index (κ2) is 5.84. The molecule has 2 heterocycles. The summed E-state index contributed by atoms with van der Waals surface area (Å²) in [5.74, 6) is 0.444. The van der Waals surface area contributed by atoms with Crippen molar-refractivity contribution in [1.82, 2.24) is 24.9 Å². The minimum absolute atomic E-state index is 0.239. The van der Waals surface area contributed by atoms with Crippen LogP contribution in [-0.2, 0) is 0 Å². The zero-order valence-electron chi connectivity index (χ0n) is 11.3. The number of aromatic nitrogens is 4. The van der Waals surface area contributed by atoms with Crippen molar-refractivity contribution in [2.24, 2.45) is 0 Å². The molecular weight excluding hydrogens is 286 g/mol. The van der Waals surface area contributed by atoms with Crippen LogP contribution in [0.3, 0.4) is 0 Å². The number of nitrogens with one attached hydrogen (secondary N) is 2. The lowest BCUT2D eigenvalue weighted by molar-refractivity contribution is 0.0933. The van der Waals surface area contributed by atoms with Gasteiger partial charge in [0.15, 0.2) is 5.69 Å². The topological polar surface area (TPSA) is 83.6 Å². The molecule has 0 saturated carbocycles. The summed E-state index contributed by atoms with van der Waals surface area (Å²) in [7, 11) is 0. The van der Waals surface area contributed by atoms with Crippen LogP contribution in [0, 0.1) is 0 Å². The SMILES string of the molecule is C[C@@H](NC(=O)c1csnn1)c1ncc(-c2ccccc2)[nH]1. The number of rotatable bonds is 4. The standard InChI is InChI=1S/C14H13N5OS/c1-9(16-14(20)12-8-21-19-18-12)13-15-7-11(17-13)10-5-3-2-4-6-10/h2-9H,1H3,(H,15,17)(H,16,20)/t9-/m1/s1. The van der Waals surface area contributed by atoms with E-state index >= 15 is 0 Å². The third-order valence-corrected chi connectivity index (χ3v) is 3.54. The normalized spacial score (nSPS) is 12.0. The average Bonchev–Trinajstić information content (AvgIpc) is 3.20. The molecule has 0 saturated heterocycles. The molecule has 21 heavy (non-hydrogen) atoms. The lowest BCUT2D eigenvalue weighted by Crippen LogP contribution is -2.27. The van der Waals surface area contributed by atoms with Crippen LogP contribution in [0.25, 0.3) is 11.3 Å². The van der Waals surface area contributed by atoms with Crippen molar-refractivity contribution in [2.75, 3.05) is 0 Å². The fourth-order valence-electron chi connectivity index (χ4n) is 1.92. The minimum atomic E-state index is -0.256. The van der Waals surface area contributed by atoms with Gasteiger partial charge in [-0.3, -0.25) is 4.79 Å². The van der Waals surface area contributed by atoms with Gasteiger partial charge in [0.2, 0.25) is 0 Å². The van der Waals surface area contributed by atoms with Crippen LogP contribution >= 0.6 is 11.5 Å². The minimum Gasteiger partial charge on any atom is -0.341 e. The Morgan fingerprint density at radius 3 is 2.86 bits per heavy atom. The highest BCUT2D eigenvalue weighted by molar-refractivity contribution is 7.03. The van der Waals surface area contributed by atoms with E-state index in [-0.39, 0.29) is 11.9 Å². The van der Waals surface area contributed by atoms with E-state index in [0.717, 1.165) is 22.8 Å². The first-order valence-corrected chi connectivity index (χ1v) is 7.26. The first-order chi connectivity index (χ1) is 10.2. The Morgan fingerprint density at radius 1 is 1.33 bits per heavy atom. The Hall–Kier alpha value is -2.54. The largest absolute Gasteiger partial charge is 0.341 e. The number of hydrogen-bond donors (Lipinski definition) is 2. The van der Waals surface area contributed by atoms with Gasteiger partial charge in [0.1, 0.15) is 5.82 Å². The van der Waals surface area contributed by atoms with E-state index in [1.54, 1.807) is 11.6 Å². The molecule has 0 bridgehead atoms.